The van der Waals surface area contributed by atoms with E-state index in [0.29, 0.717) is 7.18 Å². The second kappa shape index (κ2) is 29.7. The Morgan fingerprint density at radius 3 is 1.72 bits per heavy atom. The molecule has 0 atom stereocenters. The van der Waals surface area contributed by atoms with Crippen LogP contribution in [-0.4, -0.2) is 13.6 Å². The molecule has 0 amide bonds. The molecule has 0 spiro atoms. The van der Waals surface area contributed by atoms with Crippen LogP contribution in [0.4, 0.5) is 17.6 Å². The van der Waals surface area contributed by atoms with Gasteiger partial charge in [-0.1, -0.05) is 52.3 Å². The van der Waals surface area contributed by atoms with E-state index in [2.05, 4.69) is 13.8 Å². The fourth-order valence-electron chi connectivity index (χ4n) is 0.435. The van der Waals surface area contributed by atoms with Crippen molar-refractivity contribution in [2.45, 2.75) is 47.5 Å². The van der Waals surface area contributed by atoms with Crippen LogP contribution in [0.5, 0.6) is 0 Å². The highest BCUT2D eigenvalue weighted by Crippen LogP contribution is 2.04. The summed E-state index contributed by atoms with van der Waals surface area (Å²) in [6.45, 7) is 10.00. The van der Waals surface area contributed by atoms with Gasteiger partial charge >= 0.3 is 0 Å². The largest absolute Gasteiger partial charge is 0.260 e. The van der Waals surface area contributed by atoms with Crippen LogP contribution < -0.4 is 0 Å². The third-order valence-electron chi connectivity index (χ3n) is 0.844. The lowest BCUT2D eigenvalue weighted by Crippen LogP contribution is -1.81. The van der Waals surface area contributed by atoms with Gasteiger partial charge in [-0.2, -0.15) is 0 Å². The van der Waals surface area contributed by atoms with Gasteiger partial charge in [-0.15, -0.1) is 0 Å². The third-order valence-corrected chi connectivity index (χ3v) is 0.844. The van der Waals surface area contributed by atoms with E-state index in [1.807, 2.05) is 13.8 Å². The molecular weight excluding hydrogens is 244 g/mol. The van der Waals surface area contributed by atoms with E-state index in [4.69, 9.17) is 0 Å². The van der Waals surface area contributed by atoms with Crippen molar-refractivity contribution in [1.82, 2.24) is 0 Å². The average Bonchev–Trinajstić information content (AvgIpc) is 2.34. The maximum absolute atomic E-state index is 12.2. The Balaban J connectivity index is -0.000000118. The van der Waals surface area contributed by atoms with E-state index in [0.717, 1.165) is 6.08 Å². The summed E-state index contributed by atoms with van der Waals surface area (Å²) in [5.74, 6) is -0.918. The van der Waals surface area contributed by atoms with Crippen molar-refractivity contribution >= 4 is 0 Å². The maximum Gasteiger partial charge on any atom is 0.260 e. The fraction of sp³-hybridized carbons (Fsp3) is 0.571. The highest BCUT2D eigenvalue weighted by atomic mass is 19.3. The van der Waals surface area contributed by atoms with Crippen molar-refractivity contribution < 1.29 is 17.6 Å². The second-order valence-electron chi connectivity index (χ2n) is 2.48. The molecule has 0 unspecified atom stereocenters. The van der Waals surface area contributed by atoms with E-state index in [1.54, 1.807) is 19.1 Å². The molecular formula is C14H26F4. The molecule has 0 aliphatic carbocycles. The number of rotatable bonds is 3. The average molecular weight is 270 g/mol. The lowest BCUT2D eigenvalue weighted by molar-refractivity contribution is 0.201. The minimum atomic E-state index is -2.73. The molecule has 0 saturated carbocycles. The molecule has 0 aromatic carbocycles. The molecule has 4 heteroatoms. The van der Waals surface area contributed by atoms with Crippen LogP contribution in [0.15, 0.2) is 36.2 Å². The van der Waals surface area contributed by atoms with Crippen molar-refractivity contribution in [3.63, 3.8) is 0 Å². The SMILES string of the molecule is CC.CCC.CF.C\C=C/C=C\C(F)=C\C(F)F. The van der Waals surface area contributed by atoms with Crippen molar-refractivity contribution in [3.8, 4) is 0 Å². The molecule has 0 radical (unpaired) electrons. The Labute approximate surface area is 109 Å². The highest BCUT2D eigenvalue weighted by Gasteiger charge is 1.96. The number of hydrogen-bond donors (Lipinski definition) is 0. The molecule has 0 aromatic rings. The van der Waals surface area contributed by atoms with Gasteiger partial charge in [0.1, 0.15) is 5.83 Å². The van der Waals surface area contributed by atoms with Crippen LogP contribution >= 0.6 is 0 Å². The van der Waals surface area contributed by atoms with Gasteiger partial charge in [0.05, 0.1) is 7.18 Å². The number of alkyl halides is 3. The first-order valence-corrected chi connectivity index (χ1v) is 5.91. The van der Waals surface area contributed by atoms with E-state index >= 15 is 0 Å². The predicted molar refractivity (Wildman–Crippen MR) is 73.5 cm³/mol. The smallest absolute Gasteiger partial charge is 0.255 e. The van der Waals surface area contributed by atoms with E-state index < -0.39 is 12.3 Å². The Hall–Kier alpha value is -1.06. The van der Waals surface area contributed by atoms with Crippen molar-refractivity contribution in [3.05, 3.63) is 36.2 Å². The highest BCUT2D eigenvalue weighted by molar-refractivity contribution is 5.16. The first-order valence-electron chi connectivity index (χ1n) is 5.91. The maximum atomic E-state index is 12.2. The van der Waals surface area contributed by atoms with E-state index in [-0.39, 0.29) is 6.08 Å². The molecule has 0 heterocycles. The minimum Gasteiger partial charge on any atom is -0.255 e. The van der Waals surface area contributed by atoms with E-state index in [9.17, 15) is 17.6 Å². The normalized spacial score (nSPS) is 10.3. The standard InChI is InChI=1S/C8H9F3.C3H8.C2H6.CH3F/c1-2-3-4-5-7(9)6-8(10)11;1-3-2;2*1-2/h2-6,8H,1H3;3H2,1-2H3;1-2H3;1H3/b3-2-,5-4-,7-6-;;;. The summed E-state index contributed by atoms with van der Waals surface area (Å²) in [5, 5.41) is 0. The zero-order valence-electron chi connectivity index (χ0n) is 12.2. The van der Waals surface area contributed by atoms with Gasteiger partial charge < -0.3 is 0 Å². The molecule has 0 bridgehead atoms. The summed E-state index contributed by atoms with van der Waals surface area (Å²) in [6.07, 6.45) is 4.33. The van der Waals surface area contributed by atoms with Gasteiger partial charge in [0.15, 0.2) is 0 Å². The molecule has 110 valence electrons. The summed E-state index contributed by atoms with van der Waals surface area (Å²) in [6, 6.07) is 0. The van der Waals surface area contributed by atoms with Gasteiger partial charge in [-0.25, -0.2) is 13.2 Å². The molecule has 0 aliphatic rings. The molecule has 18 heavy (non-hydrogen) atoms. The van der Waals surface area contributed by atoms with Crippen molar-refractivity contribution in [2.75, 3.05) is 7.18 Å². The topological polar surface area (TPSA) is 0 Å². The number of allylic oxidation sites excluding steroid dienone is 6. The molecule has 0 N–H and O–H groups in total. The fourth-order valence-corrected chi connectivity index (χ4v) is 0.435. The van der Waals surface area contributed by atoms with Crippen LogP contribution in [0, 0.1) is 0 Å². The Morgan fingerprint density at radius 2 is 1.44 bits per heavy atom. The molecule has 0 saturated heterocycles. The Morgan fingerprint density at radius 1 is 1.06 bits per heavy atom. The number of halogens is 4. The summed E-state index contributed by atoms with van der Waals surface area (Å²) in [7, 11) is 0.500. The van der Waals surface area contributed by atoms with E-state index in [1.165, 1.54) is 12.5 Å². The van der Waals surface area contributed by atoms with Crippen molar-refractivity contribution in [1.29, 1.82) is 0 Å². The summed E-state index contributed by atoms with van der Waals surface area (Å²) < 4.78 is 44.6. The van der Waals surface area contributed by atoms with Crippen LogP contribution in [0.1, 0.15) is 41.0 Å². The van der Waals surface area contributed by atoms with Gasteiger partial charge in [0, 0.05) is 6.08 Å². The minimum absolute atomic E-state index is 0.250. The first-order chi connectivity index (χ1) is 8.58. The summed E-state index contributed by atoms with van der Waals surface area (Å²) in [4.78, 5) is 0. The van der Waals surface area contributed by atoms with Gasteiger partial charge in [0.2, 0.25) is 0 Å². The lowest BCUT2D eigenvalue weighted by Gasteiger charge is -1.86. The molecule has 0 aliphatic heterocycles. The second-order valence-corrected chi connectivity index (χ2v) is 2.48. The van der Waals surface area contributed by atoms with Crippen LogP contribution in [0.2, 0.25) is 0 Å². The lowest BCUT2D eigenvalue weighted by atomic mass is 10.4. The number of hydrogen-bond acceptors (Lipinski definition) is 0. The Bertz CT molecular complexity index is 194. The van der Waals surface area contributed by atoms with Gasteiger partial charge in [-0.3, -0.25) is 4.39 Å². The molecule has 0 fully saturated rings. The molecule has 0 nitrogen and oxygen atoms in total. The van der Waals surface area contributed by atoms with Gasteiger partial charge in [0.25, 0.3) is 6.43 Å². The zero-order chi connectivity index (χ0) is 15.4. The first kappa shape index (κ1) is 25.7. The molecule has 0 rings (SSSR count). The predicted octanol–water partition coefficient (Wildman–Crippen LogP) is 6.27. The third kappa shape index (κ3) is 46.1. The Kier molecular flexibility index (Phi) is 42.5. The monoisotopic (exact) mass is 270 g/mol. The van der Waals surface area contributed by atoms with Crippen LogP contribution in [-0.2, 0) is 0 Å². The van der Waals surface area contributed by atoms with Gasteiger partial charge in [-0.05, 0) is 13.0 Å². The summed E-state index contributed by atoms with van der Waals surface area (Å²) in [5.41, 5.74) is 0. The summed E-state index contributed by atoms with van der Waals surface area (Å²) >= 11 is 0. The molecule has 0 aromatic heterocycles. The van der Waals surface area contributed by atoms with Crippen LogP contribution in [0.3, 0.4) is 0 Å². The van der Waals surface area contributed by atoms with Crippen LogP contribution in [0.25, 0.3) is 0 Å². The zero-order valence-corrected chi connectivity index (χ0v) is 12.2. The quantitative estimate of drug-likeness (QED) is 0.419. The van der Waals surface area contributed by atoms with Crippen molar-refractivity contribution in [2.24, 2.45) is 0 Å².